The van der Waals surface area contributed by atoms with E-state index in [0.717, 1.165) is 50.4 Å². The fourth-order valence-corrected chi connectivity index (χ4v) is 3.11. The number of carbonyl (C=O) groups excluding carboxylic acids is 1. The molecule has 26 heavy (non-hydrogen) atoms. The molecule has 0 aromatic heterocycles. The van der Waals surface area contributed by atoms with Gasteiger partial charge in [-0.15, -0.1) is 0 Å². The summed E-state index contributed by atoms with van der Waals surface area (Å²) < 4.78 is 11.3. The average molecular weight is 360 g/mol. The number of amides is 1. The number of nitrogens with one attached hydrogen (secondary N) is 1. The van der Waals surface area contributed by atoms with E-state index in [9.17, 15) is 4.79 Å². The molecule has 1 N–H and O–H groups in total. The Bertz CT molecular complexity index is 561. The first-order chi connectivity index (χ1) is 12.6. The van der Waals surface area contributed by atoms with Gasteiger partial charge in [0.1, 0.15) is 5.75 Å². The van der Waals surface area contributed by atoms with Crippen molar-refractivity contribution in [3.63, 3.8) is 0 Å². The van der Waals surface area contributed by atoms with Crippen molar-refractivity contribution in [2.24, 2.45) is 0 Å². The molecule has 2 rings (SSSR count). The Balaban J connectivity index is 1.64. The van der Waals surface area contributed by atoms with Crippen LogP contribution in [0.2, 0.25) is 0 Å². The van der Waals surface area contributed by atoms with Gasteiger partial charge in [0.2, 0.25) is 5.91 Å². The first-order valence-corrected chi connectivity index (χ1v) is 9.63. The summed E-state index contributed by atoms with van der Waals surface area (Å²) in [6.45, 7) is 10.6. The molecule has 2 atom stereocenters. The summed E-state index contributed by atoms with van der Waals surface area (Å²) in [5.41, 5.74) is 0.986. The molecule has 0 aliphatic carbocycles. The third-order valence-electron chi connectivity index (χ3n) is 4.23. The van der Waals surface area contributed by atoms with Crippen LogP contribution in [0.15, 0.2) is 30.3 Å². The SMILES string of the molecule is CCCOc1ccc(/C=C/C(=O)NCCCN2CC(C)OC(C)C2)cc1. The van der Waals surface area contributed by atoms with Crippen molar-refractivity contribution in [1.29, 1.82) is 0 Å². The molecule has 1 aromatic rings. The van der Waals surface area contributed by atoms with Gasteiger partial charge in [-0.25, -0.2) is 0 Å². The van der Waals surface area contributed by atoms with Crippen LogP contribution >= 0.6 is 0 Å². The first kappa shape index (κ1) is 20.5. The molecule has 1 heterocycles. The highest BCUT2D eigenvalue weighted by Gasteiger charge is 2.21. The van der Waals surface area contributed by atoms with Crippen molar-refractivity contribution in [3.8, 4) is 5.75 Å². The van der Waals surface area contributed by atoms with Crippen molar-refractivity contribution < 1.29 is 14.3 Å². The Morgan fingerprint density at radius 2 is 1.96 bits per heavy atom. The fraction of sp³-hybridized carbons (Fsp3) is 0.571. The van der Waals surface area contributed by atoms with Crippen LogP contribution in [-0.2, 0) is 9.53 Å². The zero-order valence-electron chi connectivity index (χ0n) is 16.2. The van der Waals surface area contributed by atoms with Gasteiger partial charge in [-0.3, -0.25) is 9.69 Å². The van der Waals surface area contributed by atoms with E-state index in [4.69, 9.17) is 9.47 Å². The van der Waals surface area contributed by atoms with Crippen molar-refractivity contribution >= 4 is 12.0 Å². The van der Waals surface area contributed by atoms with Crippen molar-refractivity contribution in [2.45, 2.75) is 45.8 Å². The Kier molecular flexibility index (Phi) is 8.65. The van der Waals surface area contributed by atoms with Gasteiger partial charge in [0, 0.05) is 32.3 Å². The normalized spacial score (nSPS) is 21.0. The second-order valence-corrected chi connectivity index (χ2v) is 6.91. The number of ether oxygens (including phenoxy) is 2. The molecule has 1 fully saturated rings. The molecule has 1 aromatic carbocycles. The van der Waals surface area contributed by atoms with Gasteiger partial charge in [-0.2, -0.15) is 0 Å². The number of carbonyl (C=O) groups is 1. The van der Waals surface area contributed by atoms with Gasteiger partial charge in [0.05, 0.1) is 18.8 Å². The average Bonchev–Trinajstić information content (AvgIpc) is 2.62. The second-order valence-electron chi connectivity index (χ2n) is 6.91. The van der Waals surface area contributed by atoms with E-state index >= 15 is 0 Å². The summed E-state index contributed by atoms with van der Waals surface area (Å²) in [6.07, 6.45) is 5.92. The lowest BCUT2D eigenvalue weighted by atomic mass is 10.2. The van der Waals surface area contributed by atoms with Crippen LogP contribution in [0.4, 0.5) is 0 Å². The van der Waals surface area contributed by atoms with Crippen molar-refractivity contribution in [1.82, 2.24) is 10.2 Å². The maximum atomic E-state index is 11.9. The quantitative estimate of drug-likeness (QED) is 0.543. The molecule has 1 aliphatic heterocycles. The molecule has 1 aliphatic rings. The Labute approximate surface area is 157 Å². The van der Waals surface area contributed by atoms with Gasteiger partial charge >= 0.3 is 0 Å². The van der Waals surface area contributed by atoms with Crippen LogP contribution in [0.25, 0.3) is 6.08 Å². The summed E-state index contributed by atoms with van der Waals surface area (Å²) in [5, 5.41) is 2.95. The van der Waals surface area contributed by atoms with E-state index < -0.39 is 0 Å². The van der Waals surface area contributed by atoms with Gasteiger partial charge in [0.15, 0.2) is 0 Å². The Morgan fingerprint density at radius 1 is 1.27 bits per heavy atom. The third kappa shape index (κ3) is 7.58. The maximum absolute atomic E-state index is 11.9. The molecule has 144 valence electrons. The van der Waals surface area contributed by atoms with Crippen LogP contribution < -0.4 is 10.1 Å². The summed E-state index contributed by atoms with van der Waals surface area (Å²) in [5.74, 6) is 0.806. The van der Waals surface area contributed by atoms with Gasteiger partial charge in [0.25, 0.3) is 0 Å². The zero-order chi connectivity index (χ0) is 18.8. The predicted molar refractivity (Wildman–Crippen MR) is 105 cm³/mol. The molecule has 1 amide bonds. The van der Waals surface area contributed by atoms with E-state index in [1.54, 1.807) is 6.08 Å². The van der Waals surface area contributed by atoms with Crippen LogP contribution in [0.1, 0.15) is 39.2 Å². The van der Waals surface area contributed by atoms with E-state index in [1.165, 1.54) is 0 Å². The van der Waals surface area contributed by atoms with Crippen LogP contribution in [0.3, 0.4) is 0 Å². The number of morpholine rings is 1. The molecule has 0 bridgehead atoms. The minimum Gasteiger partial charge on any atom is -0.494 e. The number of hydrogen-bond acceptors (Lipinski definition) is 4. The second kappa shape index (κ2) is 11.0. The lowest BCUT2D eigenvalue weighted by Gasteiger charge is -2.35. The molecule has 0 saturated carbocycles. The molecular weight excluding hydrogens is 328 g/mol. The van der Waals surface area contributed by atoms with Gasteiger partial charge < -0.3 is 14.8 Å². The lowest BCUT2D eigenvalue weighted by Crippen LogP contribution is -2.46. The zero-order valence-corrected chi connectivity index (χ0v) is 16.2. The van der Waals surface area contributed by atoms with Gasteiger partial charge in [-0.05, 0) is 50.5 Å². The highest BCUT2D eigenvalue weighted by molar-refractivity contribution is 5.91. The van der Waals surface area contributed by atoms with E-state index in [2.05, 4.69) is 31.0 Å². The van der Waals surface area contributed by atoms with Crippen molar-refractivity contribution in [3.05, 3.63) is 35.9 Å². The largest absolute Gasteiger partial charge is 0.494 e. The smallest absolute Gasteiger partial charge is 0.243 e. The highest BCUT2D eigenvalue weighted by atomic mass is 16.5. The van der Waals surface area contributed by atoms with Crippen LogP contribution in [0, 0.1) is 0 Å². The molecule has 2 unspecified atom stereocenters. The highest BCUT2D eigenvalue weighted by Crippen LogP contribution is 2.13. The molecule has 5 nitrogen and oxygen atoms in total. The van der Waals surface area contributed by atoms with Gasteiger partial charge in [-0.1, -0.05) is 19.1 Å². The minimum atomic E-state index is -0.0555. The summed E-state index contributed by atoms with van der Waals surface area (Å²) in [6, 6.07) is 7.76. The number of nitrogens with zero attached hydrogens (tertiary/aromatic N) is 1. The van der Waals surface area contributed by atoms with Crippen LogP contribution in [0.5, 0.6) is 5.75 Å². The first-order valence-electron chi connectivity index (χ1n) is 9.63. The molecule has 0 radical (unpaired) electrons. The predicted octanol–water partition coefficient (Wildman–Crippen LogP) is 3.10. The maximum Gasteiger partial charge on any atom is 0.243 e. The third-order valence-corrected chi connectivity index (χ3v) is 4.23. The number of rotatable bonds is 9. The van der Waals surface area contributed by atoms with E-state index in [-0.39, 0.29) is 18.1 Å². The molecular formula is C21H32N2O3. The molecule has 1 saturated heterocycles. The minimum absolute atomic E-state index is 0.0555. The Hall–Kier alpha value is -1.85. The van der Waals surface area contributed by atoms with E-state index in [1.807, 2.05) is 30.3 Å². The summed E-state index contributed by atoms with van der Waals surface area (Å²) in [7, 11) is 0. The van der Waals surface area contributed by atoms with E-state index in [0.29, 0.717) is 6.54 Å². The lowest BCUT2D eigenvalue weighted by molar-refractivity contribution is -0.116. The van der Waals surface area contributed by atoms with Crippen LogP contribution in [-0.4, -0.2) is 55.8 Å². The number of hydrogen-bond donors (Lipinski definition) is 1. The topological polar surface area (TPSA) is 50.8 Å². The molecule has 5 heteroatoms. The summed E-state index contributed by atoms with van der Waals surface area (Å²) >= 11 is 0. The fourth-order valence-electron chi connectivity index (χ4n) is 3.11. The van der Waals surface area contributed by atoms with Crippen molar-refractivity contribution in [2.75, 3.05) is 32.8 Å². The molecule has 0 spiro atoms. The summed E-state index contributed by atoms with van der Waals surface area (Å²) in [4.78, 5) is 14.3. The number of benzene rings is 1. The standard InChI is InChI=1S/C21H32N2O3/c1-4-14-25-20-9-6-19(7-10-20)8-11-21(24)22-12-5-13-23-15-17(2)26-18(3)16-23/h6-11,17-18H,4-5,12-16H2,1-3H3,(H,22,24)/b11-8+. The Morgan fingerprint density at radius 3 is 2.62 bits per heavy atom. The monoisotopic (exact) mass is 360 g/mol.